The van der Waals surface area contributed by atoms with Crippen molar-refractivity contribution < 1.29 is 42.6 Å². The first-order valence-corrected chi connectivity index (χ1v) is 15.4. The van der Waals surface area contributed by atoms with Gasteiger partial charge in [0.25, 0.3) is 0 Å². The third-order valence-electron chi connectivity index (χ3n) is 4.45. The van der Waals surface area contributed by atoms with E-state index in [1.807, 2.05) is 0 Å². The molecule has 0 N–H and O–H groups in total. The van der Waals surface area contributed by atoms with E-state index < -0.39 is 36.1 Å². The highest BCUT2D eigenvalue weighted by Gasteiger charge is 2.21. The van der Waals surface area contributed by atoms with Crippen LogP contribution in [-0.4, -0.2) is 48.3 Å². The van der Waals surface area contributed by atoms with Crippen molar-refractivity contribution in [1.29, 1.82) is 0 Å². The van der Waals surface area contributed by atoms with E-state index in [0.717, 1.165) is 6.08 Å². The Bertz CT molecular complexity index is 1470. The Balaban J connectivity index is 2.31. The van der Waals surface area contributed by atoms with Crippen LogP contribution in [0.25, 0.3) is 12.2 Å². The van der Waals surface area contributed by atoms with Gasteiger partial charge in [-0.3, -0.25) is 4.79 Å². The average Bonchev–Trinajstić information content (AvgIpc) is 2.82. The van der Waals surface area contributed by atoms with Crippen LogP contribution in [0, 0.1) is 0 Å². The van der Waals surface area contributed by atoms with Gasteiger partial charge < -0.3 is 12.5 Å². The molecule has 2 aromatic carbocycles. The molecule has 0 radical (unpaired) electrons. The molecule has 0 heterocycles. The first kappa shape index (κ1) is 29.1. The van der Waals surface area contributed by atoms with E-state index >= 15 is 0 Å². The number of carbonyl (C=O) groups excluding carboxylic acids is 1. The predicted molar refractivity (Wildman–Crippen MR) is 136 cm³/mol. The van der Waals surface area contributed by atoms with Crippen LogP contribution in [0.4, 0.5) is 0 Å². The summed E-state index contributed by atoms with van der Waals surface area (Å²) in [6, 6.07) is 10.2. The van der Waals surface area contributed by atoms with Crippen LogP contribution in [0.2, 0.25) is 0 Å². The SMILES string of the molecule is CCS(=O)(=O)Oc1cccc(C=CC(=O)C=Cc2cccc(OS(=O)(=O)CC)c2OS(=O)(=O)CC)c1. The van der Waals surface area contributed by atoms with Gasteiger partial charge in [-0.1, -0.05) is 30.3 Å². The van der Waals surface area contributed by atoms with Gasteiger partial charge in [0.05, 0.1) is 17.3 Å². The highest BCUT2D eigenvalue weighted by atomic mass is 32.2. The smallest absolute Gasteiger partial charge is 0.309 e. The molecule has 0 amide bonds. The van der Waals surface area contributed by atoms with Crippen LogP contribution in [0.5, 0.6) is 17.2 Å². The zero-order valence-corrected chi connectivity index (χ0v) is 22.2. The molecule has 0 unspecified atom stereocenters. The van der Waals surface area contributed by atoms with E-state index in [9.17, 15) is 30.0 Å². The predicted octanol–water partition coefficient (Wildman–Crippen LogP) is 3.17. The van der Waals surface area contributed by atoms with Gasteiger partial charge in [-0.15, -0.1) is 0 Å². The number of allylic oxidation sites excluding steroid dienone is 2. The Labute approximate surface area is 211 Å². The van der Waals surface area contributed by atoms with Crippen LogP contribution in [0.3, 0.4) is 0 Å². The van der Waals surface area contributed by atoms with E-state index in [0.29, 0.717) is 5.56 Å². The number of para-hydroxylation sites is 1. The molecule has 0 fully saturated rings. The Morgan fingerprint density at radius 3 is 1.92 bits per heavy atom. The molecular formula is C23H26O10S3. The lowest BCUT2D eigenvalue weighted by molar-refractivity contribution is -0.110. The molecule has 0 aliphatic rings. The maximum atomic E-state index is 12.4. The zero-order chi connectivity index (χ0) is 27.0. The minimum Gasteiger partial charge on any atom is -0.382 e. The van der Waals surface area contributed by atoms with Gasteiger partial charge in [0.1, 0.15) is 5.75 Å². The van der Waals surface area contributed by atoms with E-state index in [4.69, 9.17) is 12.5 Å². The summed E-state index contributed by atoms with van der Waals surface area (Å²) in [5.41, 5.74) is 0.594. The second-order valence-corrected chi connectivity index (χ2v) is 12.7. The van der Waals surface area contributed by atoms with Crippen LogP contribution in [-0.2, 0) is 35.1 Å². The van der Waals surface area contributed by atoms with Crippen LogP contribution in [0.15, 0.2) is 54.6 Å². The zero-order valence-electron chi connectivity index (χ0n) is 19.8. The van der Waals surface area contributed by atoms with Crippen LogP contribution >= 0.6 is 0 Å². The monoisotopic (exact) mass is 558 g/mol. The third kappa shape index (κ3) is 9.13. The number of hydrogen-bond acceptors (Lipinski definition) is 10. The second kappa shape index (κ2) is 12.2. The van der Waals surface area contributed by atoms with Gasteiger partial charge in [-0.05, 0) is 62.8 Å². The van der Waals surface area contributed by atoms with Crippen molar-refractivity contribution >= 4 is 48.3 Å². The van der Waals surface area contributed by atoms with Crippen molar-refractivity contribution in [3.05, 3.63) is 65.7 Å². The van der Waals surface area contributed by atoms with E-state index in [1.165, 1.54) is 69.3 Å². The van der Waals surface area contributed by atoms with Gasteiger partial charge in [0, 0.05) is 5.56 Å². The summed E-state index contributed by atoms with van der Waals surface area (Å²) in [5.74, 6) is -2.04. The summed E-state index contributed by atoms with van der Waals surface area (Å²) in [5, 5.41) is 0. The average molecular weight is 559 g/mol. The largest absolute Gasteiger partial charge is 0.382 e. The van der Waals surface area contributed by atoms with Crippen molar-refractivity contribution in [2.24, 2.45) is 0 Å². The summed E-state index contributed by atoms with van der Waals surface area (Å²) in [6.07, 6.45) is 5.02. The number of hydrogen-bond donors (Lipinski definition) is 0. The van der Waals surface area contributed by atoms with E-state index in [1.54, 1.807) is 12.1 Å². The third-order valence-corrected chi connectivity index (χ3v) is 7.87. The summed E-state index contributed by atoms with van der Waals surface area (Å²) >= 11 is 0. The normalized spacial score (nSPS) is 12.6. The van der Waals surface area contributed by atoms with Gasteiger partial charge in [0.15, 0.2) is 17.3 Å². The first-order chi connectivity index (χ1) is 16.8. The minimum absolute atomic E-state index is 0.0951. The van der Waals surface area contributed by atoms with Gasteiger partial charge >= 0.3 is 30.4 Å². The Morgan fingerprint density at radius 1 is 0.722 bits per heavy atom. The molecule has 13 heteroatoms. The van der Waals surface area contributed by atoms with Gasteiger partial charge in [-0.25, -0.2) is 0 Å². The standard InChI is InChI=1S/C23H26O10S3/c1-4-34(25,26)31-21-11-7-9-18(17-21)13-15-20(24)16-14-19-10-8-12-22(32-35(27,28)5-2)23(19)33-36(29,30)6-3/h7-17H,4-6H2,1-3H3. The molecule has 196 valence electrons. The summed E-state index contributed by atoms with van der Waals surface area (Å²) in [6.45, 7) is 4.16. The van der Waals surface area contributed by atoms with Crippen LogP contribution < -0.4 is 12.5 Å². The van der Waals surface area contributed by atoms with Gasteiger partial charge in [-0.2, -0.15) is 25.3 Å². The molecule has 0 saturated heterocycles. The maximum absolute atomic E-state index is 12.4. The highest BCUT2D eigenvalue weighted by Crippen LogP contribution is 2.34. The molecule has 0 bridgehead atoms. The number of ketones is 1. The molecule has 10 nitrogen and oxygen atoms in total. The van der Waals surface area contributed by atoms with Crippen molar-refractivity contribution in [2.75, 3.05) is 17.3 Å². The fourth-order valence-corrected chi connectivity index (χ4v) is 4.07. The molecule has 0 aliphatic heterocycles. The van der Waals surface area contributed by atoms with E-state index in [-0.39, 0.29) is 40.1 Å². The number of benzene rings is 2. The minimum atomic E-state index is -4.05. The van der Waals surface area contributed by atoms with Gasteiger partial charge in [0.2, 0.25) is 0 Å². The first-order valence-electron chi connectivity index (χ1n) is 10.7. The molecule has 36 heavy (non-hydrogen) atoms. The summed E-state index contributed by atoms with van der Waals surface area (Å²) in [7, 11) is -11.7. The number of rotatable bonds is 13. The van der Waals surface area contributed by atoms with Crippen LogP contribution in [0.1, 0.15) is 31.9 Å². The topological polar surface area (TPSA) is 147 Å². The highest BCUT2D eigenvalue weighted by molar-refractivity contribution is 7.87. The lowest BCUT2D eigenvalue weighted by atomic mass is 10.1. The Morgan fingerprint density at radius 2 is 1.28 bits per heavy atom. The number of carbonyl (C=O) groups is 1. The summed E-state index contributed by atoms with van der Waals surface area (Å²) < 4.78 is 86.2. The van der Waals surface area contributed by atoms with Crippen molar-refractivity contribution in [3.63, 3.8) is 0 Å². The van der Waals surface area contributed by atoms with E-state index in [2.05, 4.69) is 0 Å². The molecule has 0 spiro atoms. The molecule has 0 saturated carbocycles. The Kier molecular flexibility index (Phi) is 9.85. The maximum Gasteiger partial charge on any atom is 0.309 e. The molecule has 2 aromatic rings. The van der Waals surface area contributed by atoms with Crippen molar-refractivity contribution in [1.82, 2.24) is 0 Å². The van der Waals surface area contributed by atoms with Crippen molar-refractivity contribution in [2.45, 2.75) is 20.8 Å². The van der Waals surface area contributed by atoms with Crippen molar-refractivity contribution in [3.8, 4) is 17.2 Å². The second-order valence-electron chi connectivity index (χ2n) is 7.11. The molecule has 0 aromatic heterocycles. The lowest BCUT2D eigenvalue weighted by Gasteiger charge is -2.13. The molecule has 0 aliphatic carbocycles. The molecule has 2 rings (SSSR count). The lowest BCUT2D eigenvalue weighted by Crippen LogP contribution is -2.16. The molecular weight excluding hydrogens is 532 g/mol. The molecule has 0 atom stereocenters. The fourth-order valence-electron chi connectivity index (χ4n) is 2.48. The Hall–Kier alpha value is -3.16. The quantitative estimate of drug-likeness (QED) is 0.265. The fraction of sp³-hybridized carbons (Fsp3) is 0.261. The summed E-state index contributed by atoms with van der Waals surface area (Å²) in [4.78, 5) is 12.4.